The molecule has 1 aromatic carbocycles. The number of aryl methyl sites for hydroxylation is 1. The molecule has 154 valence electrons. The molecular formula is C19H29N5O3S. The summed E-state index contributed by atoms with van der Waals surface area (Å²) in [7, 11) is -3.30. The van der Waals surface area contributed by atoms with E-state index in [0.29, 0.717) is 37.2 Å². The highest BCUT2D eigenvalue weighted by atomic mass is 32.2. The quantitative estimate of drug-likeness (QED) is 0.456. The van der Waals surface area contributed by atoms with Crippen LogP contribution < -0.4 is 15.4 Å². The van der Waals surface area contributed by atoms with Crippen molar-refractivity contribution in [1.29, 1.82) is 0 Å². The molecular weight excluding hydrogens is 378 g/mol. The molecule has 0 saturated heterocycles. The zero-order chi connectivity index (χ0) is 20.8. The molecule has 9 heteroatoms. The standard InChI is InChI=1S/C19H29N5O3S/c1-6-20-18(22-13-19(3,4)24-28(5,25)26)21-11-16-12-27-17(23-16)15-9-7-14(2)8-10-15/h7-10,12,24H,6,11,13H2,1-5H3,(H2,20,21,22). The number of nitrogens with one attached hydrogen (secondary N) is 3. The molecule has 0 atom stereocenters. The van der Waals surface area contributed by atoms with E-state index in [0.717, 1.165) is 11.8 Å². The molecule has 0 fully saturated rings. The van der Waals surface area contributed by atoms with Crippen LogP contribution in [0.25, 0.3) is 11.5 Å². The molecule has 0 aliphatic rings. The fourth-order valence-electron chi connectivity index (χ4n) is 2.55. The zero-order valence-electron chi connectivity index (χ0n) is 17.0. The van der Waals surface area contributed by atoms with Gasteiger partial charge in [-0.25, -0.2) is 23.1 Å². The van der Waals surface area contributed by atoms with Gasteiger partial charge in [-0.1, -0.05) is 17.7 Å². The van der Waals surface area contributed by atoms with E-state index in [1.807, 2.05) is 38.1 Å². The van der Waals surface area contributed by atoms with Crippen LogP contribution >= 0.6 is 0 Å². The van der Waals surface area contributed by atoms with Gasteiger partial charge in [0.25, 0.3) is 0 Å². The number of aliphatic imine (C=N–C) groups is 1. The fourth-order valence-corrected chi connectivity index (χ4v) is 3.63. The van der Waals surface area contributed by atoms with Gasteiger partial charge in [0.1, 0.15) is 12.0 Å². The summed E-state index contributed by atoms with van der Waals surface area (Å²) < 4.78 is 31.1. The minimum atomic E-state index is -3.30. The molecule has 0 spiro atoms. The molecule has 0 aliphatic carbocycles. The van der Waals surface area contributed by atoms with E-state index in [2.05, 4.69) is 25.3 Å². The molecule has 2 aromatic rings. The molecule has 1 heterocycles. The third-order valence-electron chi connectivity index (χ3n) is 3.75. The van der Waals surface area contributed by atoms with Gasteiger partial charge in [-0.2, -0.15) is 0 Å². The lowest BCUT2D eigenvalue weighted by atomic mass is 10.1. The normalized spacial score (nSPS) is 12.8. The SMILES string of the molecule is CCNC(=NCc1coc(-c2ccc(C)cc2)n1)NCC(C)(C)NS(C)(=O)=O. The van der Waals surface area contributed by atoms with Gasteiger partial charge in [0.05, 0.1) is 12.8 Å². The van der Waals surface area contributed by atoms with E-state index in [-0.39, 0.29) is 0 Å². The maximum atomic E-state index is 11.5. The van der Waals surface area contributed by atoms with E-state index in [9.17, 15) is 8.42 Å². The Labute approximate surface area is 166 Å². The minimum absolute atomic E-state index is 0.338. The molecule has 0 radical (unpaired) electrons. The van der Waals surface area contributed by atoms with Crippen molar-refractivity contribution in [2.45, 2.75) is 39.8 Å². The van der Waals surface area contributed by atoms with Crippen LogP contribution in [0, 0.1) is 6.92 Å². The maximum Gasteiger partial charge on any atom is 0.226 e. The first-order valence-electron chi connectivity index (χ1n) is 9.10. The van der Waals surface area contributed by atoms with Gasteiger partial charge in [-0.15, -0.1) is 0 Å². The van der Waals surface area contributed by atoms with E-state index in [4.69, 9.17) is 4.42 Å². The van der Waals surface area contributed by atoms with E-state index in [1.54, 1.807) is 20.1 Å². The number of aromatic nitrogens is 1. The Morgan fingerprint density at radius 2 is 1.89 bits per heavy atom. The van der Waals surface area contributed by atoms with Crippen molar-refractivity contribution in [3.63, 3.8) is 0 Å². The summed E-state index contributed by atoms with van der Waals surface area (Å²) in [5, 5.41) is 6.29. The molecule has 28 heavy (non-hydrogen) atoms. The van der Waals surface area contributed by atoms with Gasteiger partial charge < -0.3 is 15.1 Å². The predicted molar refractivity (Wildman–Crippen MR) is 112 cm³/mol. The first-order chi connectivity index (χ1) is 13.1. The lowest BCUT2D eigenvalue weighted by Gasteiger charge is -2.26. The molecule has 0 saturated carbocycles. The van der Waals surface area contributed by atoms with Crippen molar-refractivity contribution in [3.8, 4) is 11.5 Å². The second-order valence-corrected chi connectivity index (χ2v) is 9.07. The number of guanidine groups is 1. The first kappa shape index (κ1) is 21.9. The Morgan fingerprint density at radius 3 is 2.50 bits per heavy atom. The molecule has 0 amide bonds. The van der Waals surface area contributed by atoms with Crippen LogP contribution in [0.2, 0.25) is 0 Å². The van der Waals surface area contributed by atoms with Crippen molar-refractivity contribution in [2.75, 3.05) is 19.3 Å². The Morgan fingerprint density at radius 1 is 1.21 bits per heavy atom. The summed E-state index contributed by atoms with van der Waals surface area (Å²) in [5.41, 5.74) is 2.14. The summed E-state index contributed by atoms with van der Waals surface area (Å²) in [5.74, 6) is 1.13. The second kappa shape index (κ2) is 9.20. The van der Waals surface area contributed by atoms with Crippen molar-refractivity contribution >= 4 is 16.0 Å². The topological polar surface area (TPSA) is 109 Å². The van der Waals surface area contributed by atoms with Crippen LogP contribution in [0.1, 0.15) is 32.0 Å². The van der Waals surface area contributed by atoms with Gasteiger partial charge >= 0.3 is 0 Å². The van der Waals surface area contributed by atoms with Crippen molar-refractivity contribution < 1.29 is 12.8 Å². The molecule has 0 aliphatic heterocycles. The number of benzene rings is 1. The molecule has 0 bridgehead atoms. The number of rotatable bonds is 8. The predicted octanol–water partition coefficient (Wildman–Crippen LogP) is 2.03. The van der Waals surface area contributed by atoms with E-state index < -0.39 is 15.6 Å². The second-order valence-electron chi connectivity index (χ2n) is 7.32. The summed E-state index contributed by atoms with van der Waals surface area (Å²) >= 11 is 0. The maximum absolute atomic E-state index is 11.5. The highest BCUT2D eigenvalue weighted by molar-refractivity contribution is 7.88. The van der Waals surface area contributed by atoms with Crippen LogP contribution in [0.3, 0.4) is 0 Å². The number of hydrogen-bond acceptors (Lipinski definition) is 5. The third-order valence-corrected chi connectivity index (χ3v) is 4.68. The zero-order valence-corrected chi connectivity index (χ0v) is 17.9. The van der Waals surface area contributed by atoms with Crippen molar-refractivity contribution in [1.82, 2.24) is 20.3 Å². The summed E-state index contributed by atoms with van der Waals surface area (Å²) in [6.07, 6.45) is 2.74. The van der Waals surface area contributed by atoms with Crippen LogP contribution in [0.5, 0.6) is 0 Å². The highest BCUT2D eigenvalue weighted by Gasteiger charge is 2.22. The van der Waals surface area contributed by atoms with Crippen LogP contribution in [-0.2, 0) is 16.6 Å². The minimum Gasteiger partial charge on any atom is -0.444 e. The average molecular weight is 408 g/mol. The van der Waals surface area contributed by atoms with Gasteiger partial charge in [0, 0.05) is 24.2 Å². The van der Waals surface area contributed by atoms with Crippen LogP contribution in [0.15, 0.2) is 39.9 Å². The van der Waals surface area contributed by atoms with Crippen LogP contribution in [0.4, 0.5) is 0 Å². The Balaban J connectivity index is 2.01. The highest BCUT2D eigenvalue weighted by Crippen LogP contribution is 2.19. The Kier molecular flexibility index (Phi) is 7.20. The third kappa shape index (κ3) is 7.32. The Bertz CT molecular complexity index is 902. The van der Waals surface area contributed by atoms with E-state index in [1.165, 1.54) is 5.56 Å². The van der Waals surface area contributed by atoms with Gasteiger partial charge in [0.2, 0.25) is 15.9 Å². The number of oxazole rings is 1. The molecule has 0 unspecified atom stereocenters. The lowest BCUT2D eigenvalue weighted by molar-refractivity contribution is 0.446. The lowest BCUT2D eigenvalue weighted by Crippen LogP contribution is -2.53. The molecule has 8 nitrogen and oxygen atoms in total. The summed E-state index contributed by atoms with van der Waals surface area (Å²) in [6.45, 7) is 8.99. The number of hydrogen-bond donors (Lipinski definition) is 3. The molecule has 1 aromatic heterocycles. The smallest absolute Gasteiger partial charge is 0.226 e. The Hall–Kier alpha value is -2.39. The monoisotopic (exact) mass is 407 g/mol. The summed E-state index contributed by atoms with van der Waals surface area (Å²) in [6, 6.07) is 7.96. The fraction of sp³-hybridized carbons (Fsp3) is 0.474. The average Bonchev–Trinajstić information content (AvgIpc) is 3.05. The summed E-state index contributed by atoms with van der Waals surface area (Å²) in [4.78, 5) is 8.98. The van der Waals surface area contributed by atoms with Gasteiger partial charge in [-0.3, -0.25) is 0 Å². The number of nitrogens with zero attached hydrogens (tertiary/aromatic N) is 2. The first-order valence-corrected chi connectivity index (χ1v) is 11.0. The van der Waals surface area contributed by atoms with Crippen LogP contribution in [-0.4, -0.2) is 44.2 Å². The van der Waals surface area contributed by atoms with E-state index >= 15 is 0 Å². The largest absolute Gasteiger partial charge is 0.444 e. The van der Waals surface area contributed by atoms with Gasteiger partial charge in [-0.05, 0) is 39.8 Å². The van der Waals surface area contributed by atoms with Crippen molar-refractivity contribution in [3.05, 3.63) is 41.8 Å². The van der Waals surface area contributed by atoms with Crippen molar-refractivity contribution in [2.24, 2.45) is 4.99 Å². The molecule has 2 rings (SSSR count). The van der Waals surface area contributed by atoms with Gasteiger partial charge in [0.15, 0.2) is 5.96 Å². The number of sulfonamides is 1. The molecule has 3 N–H and O–H groups in total.